The van der Waals surface area contributed by atoms with E-state index in [4.69, 9.17) is 25.2 Å². The molecule has 3 rings (SSSR count). The lowest BCUT2D eigenvalue weighted by atomic mass is 10.2. The molecule has 22 heteroatoms. The van der Waals surface area contributed by atoms with Gasteiger partial charge in [0.05, 0.1) is 12.4 Å². The number of phosphoric acid groups is 2. The minimum absolute atomic E-state index is 0.0673. The highest BCUT2D eigenvalue weighted by molar-refractivity contribution is 8.15. The van der Waals surface area contributed by atoms with Crippen LogP contribution in [-0.2, 0) is 37.9 Å². The number of anilines is 1. The van der Waals surface area contributed by atoms with Gasteiger partial charge in [-0.1, -0.05) is 4.18 Å². The van der Waals surface area contributed by atoms with E-state index in [1.165, 1.54) is 17.2 Å². The Morgan fingerprint density at radius 1 is 1.19 bits per heavy atom. The maximum atomic E-state index is 11.4. The van der Waals surface area contributed by atoms with Crippen molar-refractivity contribution in [1.29, 1.82) is 0 Å². The zero-order valence-corrected chi connectivity index (χ0v) is 18.9. The van der Waals surface area contributed by atoms with Gasteiger partial charge in [0, 0.05) is 6.42 Å². The summed E-state index contributed by atoms with van der Waals surface area (Å²) < 4.78 is 40.9. The normalized spacial score (nSPS) is 25.0. The molecule has 0 aliphatic carbocycles. The van der Waals surface area contributed by atoms with E-state index in [9.17, 15) is 29.1 Å². The van der Waals surface area contributed by atoms with Crippen LogP contribution in [0, 0.1) is 0 Å². The molecule has 180 valence electrons. The van der Waals surface area contributed by atoms with Crippen molar-refractivity contribution in [1.82, 2.24) is 19.5 Å². The van der Waals surface area contributed by atoms with Crippen molar-refractivity contribution < 1.29 is 61.4 Å². The number of imidazole rings is 1. The van der Waals surface area contributed by atoms with Crippen LogP contribution in [0.4, 0.5) is 5.82 Å². The largest absolute Gasteiger partial charge is 0.571 e. The fourth-order valence-electron chi connectivity index (χ4n) is 2.64. The highest BCUT2D eigenvalue weighted by atomic mass is 32.5. The lowest BCUT2D eigenvalue weighted by Gasteiger charge is -2.16. The van der Waals surface area contributed by atoms with E-state index in [1.807, 2.05) is 0 Å². The first-order chi connectivity index (χ1) is 14.7. The molecule has 0 spiro atoms. The molecule has 0 saturated carbocycles. The van der Waals surface area contributed by atoms with Crippen LogP contribution < -0.4 is 5.73 Å². The number of rotatable bonds is 8. The first-order valence-electron chi connectivity index (χ1n) is 8.13. The highest BCUT2D eigenvalue weighted by Crippen LogP contribution is 2.65. The molecule has 2 unspecified atom stereocenters. The van der Waals surface area contributed by atoms with Crippen LogP contribution in [0.2, 0.25) is 0 Å². The number of nitrogens with zero attached hydrogens (tertiary/aromatic N) is 4. The molecule has 0 aromatic carbocycles. The van der Waals surface area contributed by atoms with Crippen molar-refractivity contribution >= 4 is 50.6 Å². The molecule has 2 aromatic rings. The summed E-state index contributed by atoms with van der Waals surface area (Å²) >= 11 is -0.431. The van der Waals surface area contributed by atoms with Gasteiger partial charge in [-0.2, -0.15) is 8.62 Å². The molecule has 5 atom stereocenters. The van der Waals surface area contributed by atoms with Gasteiger partial charge in [0.25, 0.3) is 0 Å². The smallest absolute Gasteiger partial charge is 0.390 e. The Labute approximate surface area is 181 Å². The van der Waals surface area contributed by atoms with Crippen LogP contribution in [0.3, 0.4) is 0 Å². The van der Waals surface area contributed by atoms with Crippen molar-refractivity contribution in [2.24, 2.45) is 0 Å². The summed E-state index contributed by atoms with van der Waals surface area (Å²) in [6.07, 6.45) is -3.21. The number of hydrogen-bond acceptors (Lipinski definition) is 12. The Morgan fingerprint density at radius 3 is 2.53 bits per heavy atom. The summed E-state index contributed by atoms with van der Waals surface area (Å²) in [5.41, 5.74) is 6.27. The van der Waals surface area contributed by atoms with Gasteiger partial charge in [0.2, 0.25) is 6.29 Å². The molecule has 18 nitrogen and oxygen atoms in total. The summed E-state index contributed by atoms with van der Waals surface area (Å²) in [5, 5.41) is 20.3. The van der Waals surface area contributed by atoms with Crippen molar-refractivity contribution in [3.05, 3.63) is 12.7 Å². The van der Waals surface area contributed by atoms with Gasteiger partial charge in [-0.15, -0.1) is 0 Å². The fourth-order valence-corrected chi connectivity index (χ4v) is 7.20. The Hall–Kier alpha value is -0.980. The number of nitrogens with two attached hydrogens (primary N) is 1. The maximum absolute atomic E-state index is 11.4. The minimum atomic E-state index is -5.61. The first kappa shape index (κ1) is 25.6. The van der Waals surface area contributed by atoms with Crippen molar-refractivity contribution in [2.75, 3.05) is 5.73 Å². The van der Waals surface area contributed by atoms with Crippen LogP contribution in [0.5, 0.6) is 0 Å². The zero-order chi connectivity index (χ0) is 23.9. The third-order valence-electron chi connectivity index (χ3n) is 3.77. The first-order valence-corrected chi connectivity index (χ1v) is 14.1. The summed E-state index contributed by atoms with van der Waals surface area (Å²) in [5.74, 6) is 0.110. The fraction of sp³-hybridized carbons (Fsp3) is 0.500. The number of aliphatic hydroxyl groups is 2. The number of ether oxygens (including phenoxy) is 1. The van der Waals surface area contributed by atoms with Gasteiger partial charge in [0.15, 0.2) is 11.5 Å². The molecule has 2 aromatic heterocycles. The second-order valence-corrected chi connectivity index (χ2v) is 12.5. The lowest BCUT2D eigenvalue weighted by molar-refractivity contribution is -0.148. The Morgan fingerprint density at radius 2 is 1.88 bits per heavy atom. The second-order valence-electron chi connectivity index (χ2n) is 6.12. The lowest BCUT2D eigenvalue weighted by Crippen LogP contribution is -2.35. The predicted molar refractivity (Wildman–Crippen MR) is 104 cm³/mol. The second kappa shape index (κ2) is 9.34. The van der Waals surface area contributed by atoms with Crippen LogP contribution in [0.1, 0.15) is 12.6 Å². The van der Waals surface area contributed by atoms with Crippen LogP contribution >= 0.6 is 22.4 Å². The monoisotopic (exact) mass is 540 g/mol. The Balaban J connectivity index is 1.68. The van der Waals surface area contributed by atoms with Gasteiger partial charge in [-0.3, -0.25) is 14.4 Å². The molecule has 1 fully saturated rings. The standard InChI is InChI=1S/C10H16N5O13P3S/c11-8-6-9(13-2-12-8)15(3-14-6)5-1-4(16)7(25-5)10(17)26-32-31(23,24)28-30(21,22)27-29(18,19)20/h2-5,7,10,16-17H,1H2,(H6-,11,12,13,18,19,20,21,22,23,24)/p+1/t4-,5+,7-,10?/m0/s1. The SMILES string of the molecule is Nc1ncnc2c1ncn2[C@H]1C[C@H](O)[C@@H](C(O)O[S+]=P(O)(O)OP(=O)(O)OP(=O)(O)O)O1. The Kier molecular flexibility index (Phi) is 7.49. The quantitative estimate of drug-likeness (QED) is 0.0799. The molecule has 9 N–H and O–H groups in total. The molecule has 3 heterocycles. The van der Waals surface area contributed by atoms with Gasteiger partial charge >= 0.3 is 33.6 Å². The molecular formula is C10H17N5O13P3S+. The van der Waals surface area contributed by atoms with Gasteiger partial charge in [-0.05, 0) is 0 Å². The summed E-state index contributed by atoms with van der Waals surface area (Å²) in [6, 6.07) is 0. The van der Waals surface area contributed by atoms with Crippen molar-refractivity contribution in [2.45, 2.75) is 31.1 Å². The number of aromatic nitrogens is 4. The molecule has 32 heavy (non-hydrogen) atoms. The van der Waals surface area contributed by atoms with Gasteiger partial charge < -0.3 is 35.4 Å². The predicted octanol–water partition coefficient (Wildman–Crippen LogP) is -1.72. The third kappa shape index (κ3) is 6.32. The van der Waals surface area contributed by atoms with E-state index < -0.39 is 58.3 Å². The molecule has 0 radical (unpaired) electrons. The molecular weight excluding hydrogens is 523 g/mol. The van der Waals surface area contributed by atoms with Gasteiger partial charge in [0.1, 0.15) is 24.2 Å². The number of nitrogen functional groups attached to an aromatic ring is 1. The average Bonchev–Trinajstić information content (AvgIpc) is 3.21. The highest BCUT2D eigenvalue weighted by Gasteiger charge is 2.47. The Bertz CT molecular complexity index is 1130. The van der Waals surface area contributed by atoms with Crippen LogP contribution in [0.25, 0.3) is 11.2 Å². The molecule has 1 aliphatic rings. The molecule has 0 amide bonds. The molecule has 1 aliphatic heterocycles. The van der Waals surface area contributed by atoms with E-state index in [1.54, 1.807) is 0 Å². The maximum Gasteiger partial charge on any atom is 0.571 e. The van der Waals surface area contributed by atoms with Crippen molar-refractivity contribution in [3.8, 4) is 0 Å². The van der Waals surface area contributed by atoms with Crippen molar-refractivity contribution in [3.63, 3.8) is 0 Å². The van der Waals surface area contributed by atoms with E-state index >= 15 is 0 Å². The van der Waals surface area contributed by atoms with Gasteiger partial charge in [-0.25, -0.2) is 24.1 Å². The number of aliphatic hydroxyl groups excluding tert-OH is 2. The summed E-state index contributed by atoms with van der Waals surface area (Å²) in [4.78, 5) is 57.3. The molecule has 0 bridgehead atoms. The van der Waals surface area contributed by atoms with E-state index in [0.29, 0.717) is 0 Å². The molecule has 1 saturated heterocycles. The van der Waals surface area contributed by atoms with Crippen LogP contribution in [-0.4, -0.2) is 72.7 Å². The topological polar surface area (TPSA) is 282 Å². The summed E-state index contributed by atoms with van der Waals surface area (Å²) in [7, 11) is -11.1. The number of hydrogen-bond donors (Lipinski definition) is 8. The summed E-state index contributed by atoms with van der Waals surface area (Å²) in [6.45, 7) is -5.00. The third-order valence-corrected chi connectivity index (χ3v) is 9.04. The van der Waals surface area contributed by atoms with Crippen LogP contribution in [0.15, 0.2) is 12.7 Å². The van der Waals surface area contributed by atoms with E-state index in [2.05, 4.69) is 27.8 Å². The van der Waals surface area contributed by atoms with E-state index in [-0.39, 0.29) is 23.4 Å². The zero-order valence-electron chi connectivity index (χ0n) is 15.4. The van der Waals surface area contributed by atoms with E-state index in [0.717, 1.165) is 0 Å². The number of fused-ring (bicyclic) bond motifs is 1. The average molecular weight is 540 g/mol. The minimum Gasteiger partial charge on any atom is -0.390 e.